The summed E-state index contributed by atoms with van der Waals surface area (Å²) in [6.45, 7) is 9.03. The number of nitrogens with zero attached hydrogens (tertiary/aromatic N) is 3. The van der Waals surface area contributed by atoms with Crippen molar-refractivity contribution in [3.05, 3.63) is 16.6 Å². The maximum absolute atomic E-state index is 5.35. The molecule has 1 aromatic rings. The predicted molar refractivity (Wildman–Crippen MR) is 66.4 cm³/mol. The summed E-state index contributed by atoms with van der Waals surface area (Å²) >= 11 is 3.49. The fraction of sp³-hybridized carbons (Fsp3) is 0.727. The largest absolute Gasteiger partial charge is 0.379 e. The summed E-state index contributed by atoms with van der Waals surface area (Å²) in [6, 6.07) is 0.438. The Morgan fingerprint density at radius 3 is 2.75 bits per heavy atom. The van der Waals surface area contributed by atoms with Gasteiger partial charge in [0.25, 0.3) is 0 Å². The second-order valence-electron chi connectivity index (χ2n) is 4.37. The fourth-order valence-corrected chi connectivity index (χ4v) is 2.76. The van der Waals surface area contributed by atoms with Crippen LogP contribution in [0.15, 0.2) is 10.9 Å². The van der Waals surface area contributed by atoms with Crippen LogP contribution < -0.4 is 0 Å². The van der Waals surface area contributed by atoms with Crippen molar-refractivity contribution in [2.24, 2.45) is 0 Å². The molecule has 0 aliphatic carbocycles. The normalized spacial score (nSPS) is 18.2. The molecule has 1 aliphatic heterocycles. The first-order chi connectivity index (χ1) is 7.68. The van der Waals surface area contributed by atoms with Crippen molar-refractivity contribution in [2.45, 2.75) is 26.4 Å². The number of rotatable bonds is 3. The summed E-state index contributed by atoms with van der Waals surface area (Å²) in [6.07, 6.45) is 1.96. The molecule has 0 saturated carbocycles. The maximum Gasteiger partial charge on any atom is 0.177 e. The summed E-state index contributed by atoms with van der Waals surface area (Å²) in [4.78, 5) is 6.73. The molecule has 90 valence electrons. The molecule has 0 radical (unpaired) electrons. The van der Waals surface area contributed by atoms with Gasteiger partial charge in [-0.1, -0.05) is 0 Å². The van der Waals surface area contributed by atoms with E-state index in [1.165, 1.54) is 5.69 Å². The average molecular weight is 288 g/mol. The first-order valence-corrected chi connectivity index (χ1v) is 6.49. The molecule has 16 heavy (non-hydrogen) atoms. The summed E-state index contributed by atoms with van der Waals surface area (Å²) in [5.74, 6) is 0. The third-order valence-corrected chi connectivity index (χ3v) is 3.42. The van der Waals surface area contributed by atoms with E-state index in [0.29, 0.717) is 6.04 Å². The minimum Gasteiger partial charge on any atom is -0.379 e. The van der Waals surface area contributed by atoms with Crippen molar-refractivity contribution >= 4 is 15.9 Å². The molecule has 0 N–H and O–H groups in total. The van der Waals surface area contributed by atoms with Crippen LogP contribution in [-0.4, -0.2) is 40.8 Å². The van der Waals surface area contributed by atoms with Crippen molar-refractivity contribution < 1.29 is 4.74 Å². The quantitative estimate of drug-likeness (QED) is 0.853. The number of halogens is 1. The van der Waals surface area contributed by atoms with Gasteiger partial charge in [-0.05, 0) is 29.8 Å². The third-order valence-electron chi connectivity index (χ3n) is 2.83. The van der Waals surface area contributed by atoms with Gasteiger partial charge in [0.1, 0.15) is 0 Å². The molecule has 0 amide bonds. The topological polar surface area (TPSA) is 30.3 Å². The second kappa shape index (κ2) is 5.29. The molecule has 1 saturated heterocycles. The van der Waals surface area contributed by atoms with E-state index in [4.69, 9.17) is 4.74 Å². The Labute approximate surface area is 105 Å². The zero-order chi connectivity index (χ0) is 11.5. The summed E-state index contributed by atoms with van der Waals surface area (Å²) in [5, 5.41) is 0. The Kier molecular flexibility index (Phi) is 4.00. The molecular formula is C11H18BrN3O. The Balaban J connectivity index is 2.08. The zero-order valence-electron chi connectivity index (χ0n) is 9.82. The van der Waals surface area contributed by atoms with Crippen LogP contribution >= 0.6 is 15.9 Å². The lowest BCUT2D eigenvalue weighted by atomic mass is 10.3. The highest BCUT2D eigenvalue weighted by Gasteiger charge is 2.16. The van der Waals surface area contributed by atoms with Crippen LogP contribution in [0.5, 0.6) is 0 Å². The van der Waals surface area contributed by atoms with Gasteiger partial charge in [-0.15, -0.1) is 0 Å². The van der Waals surface area contributed by atoms with E-state index >= 15 is 0 Å². The predicted octanol–water partition coefficient (Wildman–Crippen LogP) is 2.06. The molecule has 0 unspecified atom stereocenters. The lowest BCUT2D eigenvalue weighted by molar-refractivity contribution is 0.0330. The van der Waals surface area contributed by atoms with Crippen LogP contribution in [0.2, 0.25) is 0 Å². The van der Waals surface area contributed by atoms with Crippen LogP contribution in [0.25, 0.3) is 0 Å². The SMILES string of the molecule is CC(C)n1c(CN2CCOCC2)cnc1Br. The van der Waals surface area contributed by atoms with Gasteiger partial charge in [0.2, 0.25) is 0 Å². The average Bonchev–Trinajstić information content (AvgIpc) is 2.61. The molecular weight excluding hydrogens is 270 g/mol. The van der Waals surface area contributed by atoms with E-state index < -0.39 is 0 Å². The smallest absolute Gasteiger partial charge is 0.177 e. The van der Waals surface area contributed by atoms with Gasteiger partial charge in [0.05, 0.1) is 25.1 Å². The van der Waals surface area contributed by atoms with Crippen LogP contribution in [0, 0.1) is 0 Å². The van der Waals surface area contributed by atoms with E-state index in [9.17, 15) is 0 Å². The van der Waals surface area contributed by atoms with Crippen LogP contribution in [0.4, 0.5) is 0 Å². The number of hydrogen-bond donors (Lipinski definition) is 0. The molecule has 0 atom stereocenters. The van der Waals surface area contributed by atoms with Crippen LogP contribution in [0.3, 0.4) is 0 Å². The molecule has 0 bridgehead atoms. The van der Waals surface area contributed by atoms with Gasteiger partial charge in [-0.3, -0.25) is 4.90 Å². The molecule has 2 rings (SSSR count). The summed E-state index contributed by atoms with van der Waals surface area (Å²) in [7, 11) is 0. The van der Waals surface area contributed by atoms with E-state index in [0.717, 1.165) is 37.6 Å². The monoisotopic (exact) mass is 287 g/mol. The van der Waals surface area contributed by atoms with E-state index in [-0.39, 0.29) is 0 Å². The van der Waals surface area contributed by atoms with E-state index in [1.807, 2.05) is 6.20 Å². The van der Waals surface area contributed by atoms with Crippen LogP contribution in [-0.2, 0) is 11.3 Å². The highest BCUT2D eigenvalue weighted by atomic mass is 79.9. The van der Waals surface area contributed by atoms with Crippen LogP contribution in [0.1, 0.15) is 25.6 Å². The number of imidazole rings is 1. The minimum atomic E-state index is 0.438. The molecule has 0 spiro atoms. The Morgan fingerprint density at radius 1 is 1.44 bits per heavy atom. The van der Waals surface area contributed by atoms with Gasteiger partial charge in [0, 0.05) is 25.7 Å². The molecule has 1 aliphatic rings. The highest BCUT2D eigenvalue weighted by molar-refractivity contribution is 9.10. The molecule has 5 heteroatoms. The minimum absolute atomic E-state index is 0.438. The van der Waals surface area contributed by atoms with Crippen molar-refractivity contribution in [3.63, 3.8) is 0 Å². The summed E-state index contributed by atoms with van der Waals surface area (Å²) in [5.41, 5.74) is 1.27. The second-order valence-corrected chi connectivity index (χ2v) is 5.08. The molecule has 0 aromatic carbocycles. The highest BCUT2D eigenvalue weighted by Crippen LogP contribution is 2.19. The standard InChI is InChI=1S/C11H18BrN3O/c1-9(2)15-10(7-13-11(15)12)8-14-3-5-16-6-4-14/h7,9H,3-6,8H2,1-2H3. The van der Waals surface area contributed by atoms with Crippen molar-refractivity contribution in [2.75, 3.05) is 26.3 Å². The van der Waals surface area contributed by atoms with E-state index in [2.05, 4.69) is 44.2 Å². The number of morpholine rings is 1. The molecule has 2 heterocycles. The van der Waals surface area contributed by atoms with Gasteiger partial charge >= 0.3 is 0 Å². The first-order valence-electron chi connectivity index (χ1n) is 5.70. The summed E-state index contributed by atoms with van der Waals surface area (Å²) < 4.78 is 8.50. The Hall–Kier alpha value is -0.390. The number of hydrogen-bond acceptors (Lipinski definition) is 3. The third kappa shape index (κ3) is 2.64. The maximum atomic E-state index is 5.35. The van der Waals surface area contributed by atoms with Crippen molar-refractivity contribution in [1.29, 1.82) is 0 Å². The van der Waals surface area contributed by atoms with Gasteiger partial charge in [0.15, 0.2) is 4.73 Å². The van der Waals surface area contributed by atoms with Gasteiger partial charge < -0.3 is 9.30 Å². The lowest BCUT2D eigenvalue weighted by Gasteiger charge is -2.27. The molecule has 1 aromatic heterocycles. The molecule has 4 nitrogen and oxygen atoms in total. The Bertz CT molecular complexity index is 345. The fourth-order valence-electron chi connectivity index (χ4n) is 2.02. The van der Waals surface area contributed by atoms with Crippen molar-refractivity contribution in [1.82, 2.24) is 14.5 Å². The number of ether oxygens (including phenoxy) is 1. The van der Waals surface area contributed by atoms with Gasteiger partial charge in [-0.25, -0.2) is 4.98 Å². The first kappa shape index (κ1) is 12.1. The zero-order valence-corrected chi connectivity index (χ0v) is 11.4. The van der Waals surface area contributed by atoms with E-state index in [1.54, 1.807) is 0 Å². The van der Waals surface area contributed by atoms with Crippen molar-refractivity contribution in [3.8, 4) is 0 Å². The molecule has 1 fully saturated rings. The lowest BCUT2D eigenvalue weighted by Crippen LogP contribution is -2.36. The van der Waals surface area contributed by atoms with Gasteiger partial charge in [-0.2, -0.15) is 0 Å². The Morgan fingerprint density at radius 2 is 2.12 bits per heavy atom. The number of aromatic nitrogens is 2.